The molecule has 0 saturated heterocycles. The molecule has 0 fully saturated rings. The second kappa shape index (κ2) is 7.78. The summed E-state index contributed by atoms with van der Waals surface area (Å²) in [5.41, 5.74) is 6.71. The number of anilines is 2. The summed E-state index contributed by atoms with van der Waals surface area (Å²) in [6.07, 6.45) is -1.63. The van der Waals surface area contributed by atoms with Crippen molar-refractivity contribution in [3.63, 3.8) is 0 Å². The highest BCUT2D eigenvalue weighted by molar-refractivity contribution is 5.60. The molecule has 3 N–H and O–H groups in total. The van der Waals surface area contributed by atoms with E-state index in [2.05, 4.69) is 0 Å². The van der Waals surface area contributed by atoms with E-state index in [1.807, 2.05) is 6.92 Å². The van der Waals surface area contributed by atoms with Crippen molar-refractivity contribution in [1.29, 1.82) is 0 Å². The Morgan fingerprint density at radius 3 is 2.68 bits per heavy atom. The number of benzene rings is 1. The highest BCUT2D eigenvalue weighted by Crippen LogP contribution is 2.26. The predicted octanol–water partition coefficient (Wildman–Crippen LogP) is 2.12. The maximum atomic E-state index is 12.5. The van der Waals surface area contributed by atoms with Crippen molar-refractivity contribution in [3.05, 3.63) is 18.2 Å². The van der Waals surface area contributed by atoms with Gasteiger partial charge in [0.25, 0.3) is 6.43 Å². The molecule has 0 atom stereocenters. The topological polar surface area (TPSA) is 58.7 Å². The van der Waals surface area contributed by atoms with Gasteiger partial charge in [-0.05, 0) is 12.5 Å². The van der Waals surface area contributed by atoms with E-state index < -0.39 is 13.0 Å². The van der Waals surface area contributed by atoms with Crippen LogP contribution in [0.4, 0.5) is 20.2 Å². The number of aliphatic hydroxyl groups excluding tert-OH is 1. The maximum absolute atomic E-state index is 12.5. The lowest BCUT2D eigenvalue weighted by Gasteiger charge is -2.24. The zero-order chi connectivity index (χ0) is 14.3. The quantitative estimate of drug-likeness (QED) is 0.713. The molecule has 0 saturated carbocycles. The van der Waals surface area contributed by atoms with Gasteiger partial charge in [0.15, 0.2) is 0 Å². The lowest BCUT2D eigenvalue weighted by atomic mass is 10.2. The molecule has 0 aliphatic carbocycles. The van der Waals surface area contributed by atoms with Gasteiger partial charge in [0.1, 0.15) is 5.75 Å². The number of rotatable bonds is 8. The van der Waals surface area contributed by atoms with Gasteiger partial charge in [-0.1, -0.05) is 6.92 Å². The van der Waals surface area contributed by atoms with Gasteiger partial charge in [-0.15, -0.1) is 0 Å². The highest BCUT2D eigenvalue weighted by Gasteiger charge is 2.14. The average molecular weight is 274 g/mol. The van der Waals surface area contributed by atoms with E-state index in [1.54, 1.807) is 18.2 Å². The minimum absolute atomic E-state index is 0.126. The van der Waals surface area contributed by atoms with Gasteiger partial charge < -0.3 is 20.5 Å². The first-order valence-electron chi connectivity index (χ1n) is 6.24. The maximum Gasteiger partial charge on any atom is 0.255 e. The van der Waals surface area contributed by atoms with Gasteiger partial charge in [-0.25, -0.2) is 8.78 Å². The molecule has 6 heteroatoms. The Hall–Kier alpha value is -1.56. The molecular formula is C13H20F2N2O2. The van der Waals surface area contributed by atoms with E-state index in [9.17, 15) is 8.78 Å². The SMILES string of the molecule is CCCOc1cc(N)cc(N(CCO)CC(F)F)c1. The Morgan fingerprint density at radius 1 is 1.37 bits per heavy atom. The summed E-state index contributed by atoms with van der Waals surface area (Å²) in [6.45, 7) is 1.99. The molecule has 1 aromatic rings. The third-order valence-electron chi connectivity index (χ3n) is 2.48. The molecule has 4 nitrogen and oxygen atoms in total. The fourth-order valence-electron chi connectivity index (χ4n) is 1.70. The third kappa shape index (κ3) is 5.30. The Labute approximate surface area is 111 Å². The van der Waals surface area contributed by atoms with Crippen LogP contribution in [0.25, 0.3) is 0 Å². The molecule has 0 aliphatic rings. The van der Waals surface area contributed by atoms with E-state index in [4.69, 9.17) is 15.6 Å². The van der Waals surface area contributed by atoms with Gasteiger partial charge in [-0.3, -0.25) is 0 Å². The van der Waals surface area contributed by atoms with Crippen molar-refractivity contribution in [2.24, 2.45) is 0 Å². The first-order valence-corrected chi connectivity index (χ1v) is 6.24. The van der Waals surface area contributed by atoms with Crippen LogP contribution in [0.2, 0.25) is 0 Å². The molecule has 19 heavy (non-hydrogen) atoms. The Balaban J connectivity index is 2.90. The summed E-state index contributed by atoms with van der Waals surface area (Å²) in [6, 6.07) is 4.90. The fraction of sp³-hybridized carbons (Fsp3) is 0.538. The molecule has 0 unspecified atom stereocenters. The normalized spacial score (nSPS) is 10.8. The van der Waals surface area contributed by atoms with Crippen LogP contribution in [0.1, 0.15) is 13.3 Å². The summed E-state index contributed by atoms with van der Waals surface area (Å²) in [4.78, 5) is 1.39. The van der Waals surface area contributed by atoms with E-state index in [1.165, 1.54) is 4.90 Å². The predicted molar refractivity (Wildman–Crippen MR) is 71.9 cm³/mol. The summed E-state index contributed by atoms with van der Waals surface area (Å²) in [5.74, 6) is 0.550. The minimum atomic E-state index is -2.48. The molecule has 0 heterocycles. The monoisotopic (exact) mass is 274 g/mol. The zero-order valence-corrected chi connectivity index (χ0v) is 11.0. The Bertz CT molecular complexity index is 389. The summed E-state index contributed by atoms with van der Waals surface area (Å²) in [7, 11) is 0. The molecule has 0 bridgehead atoms. The van der Waals surface area contributed by atoms with Gasteiger partial charge in [-0.2, -0.15) is 0 Å². The summed E-state index contributed by atoms with van der Waals surface area (Å²) >= 11 is 0. The lowest BCUT2D eigenvalue weighted by Crippen LogP contribution is -2.31. The molecule has 0 radical (unpaired) electrons. The van der Waals surface area contributed by atoms with E-state index in [-0.39, 0.29) is 13.2 Å². The van der Waals surface area contributed by atoms with Crippen LogP contribution in [-0.4, -0.2) is 37.8 Å². The first kappa shape index (κ1) is 15.5. The van der Waals surface area contributed by atoms with E-state index >= 15 is 0 Å². The number of hydrogen-bond acceptors (Lipinski definition) is 4. The Kier molecular flexibility index (Phi) is 6.35. The third-order valence-corrected chi connectivity index (χ3v) is 2.48. The van der Waals surface area contributed by atoms with Crippen LogP contribution in [0.5, 0.6) is 5.75 Å². The standard InChI is InChI=1S/C13H20F2N2O2/c1-2-5-19-12-7-10(16)6-11(8-12)17(3-4-18)9-13(14)15/h6-8,13,18H,2-5,9,16H2,1H3. The minimum Gasteiger partial charge on any atom is -0.493 e. The molecule has 0 spiro atoms. The number of nitrogens with two attached hydrogens (primary N) is 1. The van der Waals surface area contributed by atoms with Crippen molar-refractivity contribution < 1.29 is 18.6 Å². The lowest BCUT2D eigenvalue weighted by molar-refractivity contribution is 0.153. The summed E-state index contributed by atoms with van der Waals surface area (Å²) < 4.78 is 30.5. The molecule has 0 amide bonds. The number of ether oxygens (including phenoxy) is 1. The summed E-state index contributed by atoms with van der Waals surface area (Å²) in [5, 5.41) is 8.94. The number of nitrogens with zero attached hydrogens (tertiary/aromatic N) is 1. The van der Waals surface area contributed by atoms with Crippen LogP contribution >= 0.6 is 0 Å². The zero-order valence-electron chi connectivity index (χ0n) is 11.0. The van der Waals surface area contributed by atoms with E-state index in [0.29, 0.717) is 23.7 Å². The number of nitrogen functional groups attached to an aromatic ring is 1. The van der Waals surface area contributed by atoms with Crippen molar-refractivity contribution in [3.8, 4) is 5.75 Å². The number of alkyl halides is 2. The second-order valence-electron chi connectivity index (χ2n) is 4.17. The highest BCUT2D eigenvalue weighted by atomic mass is 19.3. The molecular weight excluding hydrogens is 254 g/mol. The molecule has 108 valence electrons. The smallest absolute Gasteiger partial charge is 0.255 e. The van der Waals surface area contributed by atoms with Gasteiger partial charge in [0.2, 0.25) is 0 Å². The fourth-order valence-corrected chi connectivity index (χ4v) is 1.70. The molecule has 0 aromatic heterocycles. The number of hydrogen-bond donors (Lipinski definition) is 2. The van der Waals surface area contributed by atoms with Crippen LogP contribution < -0.4 is 15.4 Å². The number of halogens is 2. The van der Waals surface area contributed by atoms with E-state index in [0.717, 1.165) is 6.42 Å². The van der Waals surface area contributed by atoms with Crippen LogP contribution in [0.3, 0.4) is 0 Å². The second-order valence-corrected chi connectivity index (χ2v) is 4.17. The largest absolute Gasteiger partial charge is 0.493 e. The van der Waals surface area contributed by atoms with Gasteiger partial charge in [0, 0.05) is 30.1 Å². The van der Waals surface area contributed by atoms with Gasteiger partial charge in [0.05, 0.1) is 19.8 Å². The molecule has 0 aliphatic heterocycles. The van der Waals surface area contributed by atoms with Gasteiger partial charge >= 0.3 is 0 Å². The van der Waals surface area contributed by atoms with Crippen molar-refractivity contribution >= 4 is 11.4 Å². The van der Waals surface area contributed by atoms with Crippen LogP contribution in [-0.2, 0) is 0 Å². The molecule has 1 rings (SSSR count). The van der Waals surface area contributed by atoms with Crippen molar-refractivity contribution in [2.75, 3.05) is 36.9 Å². The van der Waals surface area contributed by atoms with Crippen LogP contribution in [0.15, 0.2) is 18.2 Å². The average Bonchev–Trinajstić information content (AvgIpc) is 2.34. The molecule has 1 aromatic carbocycles. The van der Waals surface area contributed by atoms with Crippen LogP contribution in [0, 0.1) is 0 Å². The van der Waals surface area contributed by atoms with Crippen molar-refractivity contribution in [2.45, 2.75) is 19.8 Å². The van der Waals surface area contributed by atoms with Crippen molar-refractivity contribution in [1.82, 2.24) is 0 Å². The number of aliphatic hydroxyl groups is 1. The Morgan fingerprint density at radius 2 is 2.11 bits per heavy atom. The first-order chi connectivity index (χ1) is 9.06.